The zero-order valence-electron chi connectivity index (χ0n) is 7.68. The number of halogens is 2. The number of thioether (sulfide) groups is 1. The summed E-state index contributed by atoms with van der Waals surface area (Å²) in [6.45, 7) is 4.41. The summed E-state index contributed by atoms with van der Waals surface area (Å²) < 4.78 is 0.982. The second-order valence-corrected chi connectivity index (χ2v) is 5.93. The van der Waals surface area contributed by atoms with Crippen LogP contribution in [0, 0.1) is 0 Å². The van der Waals surface area contributed by atoms with Gasteiger partial charge >= 0.3 is 0 Å². The van der Waals surface area contributed by atoms with Gasteiger partial charge in [-0.05, 0) is 38.9 Å². The van der Waals surface area contributed by atoms with Gasteiger partial charge in [-0.25, -0.2) is 0 Å². The molecule has 0 unspecified atom stereocenters. The van der Waals surface area contributed by atoms with Crippen LogP contribution in [0.4, 0.5) is 0 Å². The van der Waals surface area contributed by atoms with Crippen LogP contribution in [0.3, 0.4) is 0 Å². The molecule has 0 saturated carbocycles. The maximum Gasteiger partial charge on any atom is 0.0548 e. The minimum atomic E-state index is 0.675. The molecule has 0 spiro atoms. The number of benzene rings is 1. The van der Waals surface area contributed by atoms with Crippen LogP contribution >= 0.6 is 39.3 Å². The minimum Gasteiger partial charge on any atom is -0.154 e. The molecule has 72 valence electrons. The lowest BCUT2D eigenvalue weighted by Crippen LogP contribution is -1.88. The monoisotopic (exact) mass is 278 g/mol. The summed E-state index contributed by atoms with van der Waals surface area (Å²) in [6.07, 6.45) is 0. The highest BCUT2D eigenvalue weighted by atomic mass is 79.9. The Morgan fingerprint density at radius 2 is 2.15 bits per heavy atom. The van der Waals surface area contributed by atoms with Gasteiger partial charge in [0.25, 0.3) is 0 Å². The lowest BCUT2D eigenvalue weighted by Gasteiger charge is -2.05. The van der Waals surface area contributed by atoms with Crippen LogP contribution in [0.15, 0.2) is 22.7 Å². The van der Waals surface area contributed by atoms with Crippen molar-refractivity contribution < 1.29 is 0 Å². The summed E-state index contributed by atoms with van der Waals surface area (Å²) in [6, 6.07) is 6.09. The topological polar surface area (TPSA) is 0 Å². The Morgan fingerprint density at radius 3 is 2.69 bits per heavy atom. The molecule has 0 nitrogen and oxygen atoms in total. The molecule has 0 amide bonds. The van der Waals surface area contributed by atoms with E-state index in [0.717, 1.165) is 15.2 Å². The maximum atomic E-state index is 5.89. The summed E-state index contributed by atoms with van der Waals surface area (Å²) in [5, 5.41) is 1.45. The Labute approximate surface area is 97.2 Å². The van der Waals surface area contributed by atoms with E-state index >= 15 is 0 Å². The fourth-order valence-electron chi connectivity index (χ4n) is 0.892. The van der Waals surface area contributed by atoms with Crippen molar-refractivity contribution in [3.05, 3.63) is 33.3 Å². The second kappa shape index (κ2) is 5.28. The molecule has 1 rings (SSSR count). The summed E-state index contributed by atoms with van der Waals surface area (Å²) in [5.41, 5.74) is 1.31. The van der Waals surface area contributed by atoms with E-state index in [-0.39, 0.29) is 0 Å². The standard InChI is InChI=1S/C10H12BrClS/c1-7(2)13-6-8-3-4-10(12)9(11)5-8/h3-5,7H,6H2,1-2H3. The van der Waals surface area contributed by atoms with Crippen molar-refractivity contribution in [3.63, 3.8) is 0 Å². The second-order valence-electron chi connectivity index (χ2n) is 3.11. The third kappa shape index (κ3) is 3.92. The van der Waals surface area contributed by atoms with Gasteiger partial charge in [-0.15, -0.1) is 0 Å². The zero-order chi connectivity index (χ0) is 9.84. The van der Waals surface area contributed by atoms with E-state index in [1.165, 1.54) is 5.56 Å². The van der Waals surface area contributed by atoms with Crippen molar-refractivity contribution in [3.8, 4) is 0 Å². The number of hydrogen-bond acceptors (Lipinski definition) is 1. The highest BCUT2D eigenvalue weighted by Gasteiger charge is 2.00. The Hall–Kier alpha value is 0.340. The fourth-order valence-corrected chi connectivity index (χ4v) is 2.14. The van der Waals surface area contributed by atoms with Gasteiger partial charge in [0.1, 0.15) is 0 Å². The SMILES string of the molecule is CC(C)SCc1ccc(Cl)c(Br)c1. The molecule has 0 saturated heterocycles. The van der Waals surface area contributed by atoms with Gasteiger partial charge in [-0.3, -0.25) is 0 Å². The van der Waals surface area contributed by atoms with Crippen LogP contribution in [0.5, 0.6) is 0 Å². The Balaban J connectivity index is 2.63. The van der Waals surface area contributed by atoms with Gasteiger partial charge in [0.2, 0.25) is 0 Å². The predicted octanol–water partition coefficient (Wildman–Crippen LogP) is 4.74. The number of hydrogen-bond donors (Lipinski definition) is 0. The van der Waals surface area contributed by atoms with Crippen molar-refractivity contribution in [1.82, 2.24) is 0 Å². The average Bonchev–Trinajstić information content (AvgIpc) is 2.07. The molecule has 0 aromatic heterocycles. The first-order valence-electron chi connectivity index (χ1n) is 4.15. The average molecular weight is 280 g/mol. The van der Waals surface area contributed by atoms with Crippen molar-refractivity contribution in [2.24, 2.45) is 0 Å². The van der Waals surface area contributed by atoms with E-state index in [2.05, 4.69) is 41.9 Å². The zero-order valence-corrected chi connectivity index (χ0v) is 10.8. The number of rotatable bonds is 3. The third-order valence-electron chi connectivity index (χ3n) is 1.57. The molecule has 3 heteroatoms. The molecule has 0 N–H and O–H groups in total. The van der Waals surface area contributed by atoms with E-state index in [1.807, 2.05) is 17.8 Å². The molecule has 0 aliphatic heterocycles. The van der Waals surface area contributed by atoms with Crippen LogP contribution < -0.4 is 0 Å². The predicted molar refractivity (Wildman–Crippen MR) is 65.6 cm³/mol. The van der Waals surface area contributed by atoms with Gasteiger partial charge in [-0.2, -0.15) is 11.8 Å². The summed E-state index contributed by atoms with van der Waals surface area (Å²) in [5.74, 6) is 1.05. The molecule has 13 heavy (non-hydrogen) atoms. The molecule has 0 radical (unpaired) electrons. The van der Waals surface area contributed by atoms with E-state index in [9.17, 15) is 0 Å². The van der Waals surface area contributed by atoms with Gasteiger partial charge in [-0.1, -0.05) is 31.5 Å². The fraction of sp³-hybridized carbons (Fsp3) is 0.400. The third-order valence-corrected chi connectivity index (χ3v) is 3.95. The molecular weight excluding hydrogens is 268 g/mol. The largest absolute Gasteiger partial charge is 0.154 e. The Morgan fingerprint density at radius 1 is 1.46 bits per heavy atom. The Kier molecular flexibility index (Phi) is 4.63. The van der Waals surface area contributed by atoms with Gasteiger partial charge in [0, 0.05) is 10.2 Å². The van der Waals surface area contributed by atoms with E-state index < -0.39 is 0 Å². The first kappa shape index (κ1) is 11.4. The van der Waals surface area contributed by atoms with Crippen LogP contribution in [0.2, 0.25) is 5.02 Å². The van der Waals surface area contributed by atoms with Crippen molar-refractivity contribution in [2.45, 2.75) is 24.9 Å². The molecule has 0 aliphatic rings. The van der Waals surface area contributed by atoms with Crippen LogP contribution in [0.1, 0.15) is 19.4 Å². The Bertz CT molecular complexity index is 286. The van der Waals surface area contributed by atoms with Gasteiger partial charge in [0.05, 0.1) is 5.02 Å². The smallest absolute Gasteiger partial charge is 0.0548 e. The first-order valence-corrected chi connectivity index (χ1v) is 6.37. The van der Waals surface area contributed by atoms with Crippen LogP contribution in [0.25, 0.3) is 0 Å². The molecule has 0 fully saturated rings. The van der Waals surface area contributed by atoms with Gasteiger partial charge < -0.3 is 0 Å². The van der Waals surface area contributed by atoms with E-state index in [1.54, 1.807) is 0 Å². The normalized spacial score (nSPS) is 10.8. The maximum absolute atomic E-state index is 5.89. The first-order chi connectivity index (χ1) is 6.09. The molecule has 0 aliphatic carbocycles. The van der Waals surface area contributed by atoms with Crippen molar-refractivity contribution in [1.29, 1.82) is 0 Å². The lowest BCUT2D eigenvalue weighted by molar-refractivity contribution is 1.11. The summed E-state index contributed by atoms with van der Waals surface area (Å²) in [7, 11) is 0. The highest BCUT2D eigenvalue weighted by molar-refractivity contribution is 9.10. The molecule has 0 bridgehead atoms. The van der Waals surface area contributed by atoms with Crippen LogP contribution in [-0.2, 0) is 5.75 Å². The molecule has 0 heterocycles. The lowest BCUT2D eigenvalue weighted by atomic mass is 10.2. The molecular formula is C10H12BrClS. The minimum absolute atomic E-state index is 0.675. The summed E-state index contributed by atoms with van der Waals surface area (Å²) >= 11 is 11.2. The highest BCUT2D eigenvalue weighted by Crippen LogP contribution is 2.26. The van der Waals surface area contributed by atoms with Crippen molar-refractivity contribution in [2.75, 3.05) is 0 Å². The van der Waals surface area contributed by atoms with Crippen molar-refractivity contribution >= 4 is 39.3 Å². The quantitative estimate of drug-likeness (QED) is 0.770. The molecule has 1 aromatic rings. The molecule has 1 aromatic carbocycles. The summed E-state index contributed by atoms with van der Waals surface area (Å²) in [4.78, 5) is 0. The van der Waals surface area contributed by atoms with Gasteiger partial charge in [0.15, 0.2) is 0 Å². The van der Waals surface area contributed by atoms with E-state index in [0.29, 0.717) is 5.25 Å². The van der Waals surface area contributed by atoms with Crippen LogP contribution in [-0.4, -0.2) is 5.25 Å². The van der Waals surface area contributed by atoms with E-state index in [4.69, 9.17) is 11.6 Å². The molecule has 0 atom stereocenters.